The molecule has 4 rings (SSSR count). The Balaban J connectivity index is 0.000000178. The molecule has 2 aromatic carbocycles. The molecule has 5 heteroatoms. The summed E-state index contributed by atoms with van der Waals surface area (Å²) in [4.78, 5) is 4.03. The van der Waals surface area contributed by atoms with Gasteiger partial charge in [0.2, 0.25) is 0 Å². The van der Waals surface area contributed by atoms with Crippen LogP contribution in [0.3, 0.4) is 0 Å². The van der Waals surface area contributed by atoms with E-state index in [0.717, 1.165) is 6.42 Å². The normalized spacial score (nSPS) is 11.9. The summed E-state index contributed by atoms with van der Waals surface area (Å²) in [5, 5.41) is 2.55. The van der Waals surface area contributed by atoms with Crippen molar-refractivity contribution in [2.24, 2.45) is 0 Å². The molecule has 2 nitrogen and oxygen atoms in total. The Hall–Kier alpha value is -1.02. The summed E-state index contributed by atoms with van der Waals surface area (Å²) in [5.41, 5.74) is 2.44. The molecule has 0 saturated heterocycles. The fourth-order valence-electron chi connectivity index (χ4n) is 2.21. The van der Waals surface area contributed by atoms with E-state index in [1.807, 2.05) is 17.1 Å². The van der Waals surface area contributed by atoms with Gasteiger partial charge >= 0.3 is 37.9 Å². The molecule has 23 heavy (non-hydrogen) atoms. The van der Waals surface area contributed by atoms with Crippen molar-refractivity contribution in [3.05, 3.63) is 78.9 Å². The second kappa shape index (κ2) is 9.97. The molecule has 0 unspecified atom stereocenters. The molecule has 0 amide bonds. The maximum atomic E-state index is 4.93. The minimum Gasteiger partial charge on any atom is -0.325 e. The first-order chi connectivity index (χ1) is 11.2. The first kappa shape index (κ1) is 18.3. The molecule has 0 spiro atoms. The van der Waals surface area contributed by atoms with E-state index >= 15 is 0 Å². The maximum Gasteiger partial charge on any atom is 0.0977 e. The van der Waals surface area contributed by atoms with Crippen LogP contribution in [0.5, 0.6) is 0 Å². The van der Waals surface area contributed by atoms with Gasteiger partial charge in [0, 0.05) is 12.4 Å². The topological polar surface area (TPSA) is 17.8 Å². The Morgan fingerprint density at radius 2 is 2.09 bits per heavy atom. The summed E-state index contributed by atoms with van der Waals surface area (Å²) >= 11 is -0.826. The van der Waals surface area contributed by atoms with E-state index in [2.05, 4.69) is 66.5 Å². The molecule has 0 fully saturated rings. The van der Waals surface area contributed by atoms with Gasteiger partial charge < -0.3 is 4.57 Å². The Labute approximate surface area is 155 Å². The zero-order valence-corrected chi connectivity index (χ0v) is 16.7. The molecule has 0 radical (unpaired) electrons. The van der Waals surface area contributed by atoms with E-state index in [1.54, 1.807) is 6.20 Å². The molecule has 0 N–H and O–H groups in total. The number of fused-ring (bicyclic) bond motifs is 1. The van der Waals surface area contributed by atoms with Gasteiger partial charge in [-0.2, -0.15) is 6.08 Å². The number of halogens is 2. The van der Waals surface area contributed by atoms with Crippen LogP contribution < -0.4 is 0 Å². The van der Waals surface area contributed by atoms with Crippen molar-refractivity contribution in [2.45, 2.75) is 13.3 Å². The van der Waals surface area contributed by atoms with Crippen LogP contribution in [0.15, 0.2) is 72.8 Å². The van der Waals surface area contributed by atoms with Crippen molar-refractivity contribution < 1.29 is 20.8 Å². The number of hydrogen-bond acceptors (Lipinski definition) is 1. The number of nitrogens with zero attached hydrogens (tertiary/aromatic N) is 2. The first-order valence-corrected chi connectivity index (χ1v) is 13.4. The number of aromatic nitrogens is 2. The predicted octanol–water partition coefficient (Wildman–Crippen LogP) is 5.82. The monoisotopic (exact) mass is 420 g/mol. The molecule has 1 aliphatic carbocycles. The van der Waals surface area contributed by atoms with Gasteiger partial charge in [0.15, 0.2) is 0 Å². The number of allylic oxidation sites excluding steroid dienone is 4. The Kier molecular flexibility index (Phi) is 7.95. The van der Waals surface area contributed by atoms with Crippen molar-refractivity contribution in [1.82, 2.24) is 9.55 Å². The molecule has 116 valence electrons. The van der Waals surface area contributed by atoms with Gasteiger partial charge in [-0.15, -0.1) is 47.5 Å². The fraction of sp³-hybridized carbons (Fsp3) is 0.111. The molecule has 0 aliphatic heterocycles. The van der Waals surface area contributed by atoms with E-state index in [-0.39, 0.29) is 0 Å². The van der Waals surface area contributed by atoms with Gasteiger partial charge in [-0.1, -0.05) is 13.0 Å². The molecule has 1 heterocycles. The minimum atomic E-state index is -0.826. The van der Waals surface area contributed by atoms with E-state index in [9.17, 15) is 0 Å². The average Bonchev–Trinajstić information content (AvgIpc) is 3.29. The zero-order valence-electron chi connectivity index (χ0n) is 12.7. The van der Waals surface area contributed by atoms with Crippen LogP contribution in [0.25, 0.3) is 16.5 Å². The summed E-state index contributed by atoms with van der Waals surface area (Å²) < 4.78 is 2.01. The Morgan fingerprint density at radius 1 is 1.30 bits per heavy atom. The molecule has 0 saturated carbocycles. The van der Waals surface area contributed by atoms with Gasteiger partial charge in [0.25, 0.3) is 0 Å². The third kappa shape index (κ3) is 5.84. The molecular formula is C18H16Cl2N2Zr. The van der Waals surface area contributed by atoms with Crippen LogP contribution in [0, 0.1) is 6.08 Å². The van der Waals surface area contributed by atoms with Crippen molar-refractivity contribution >= 4 is 27.8 Å². The molecule has 1 aliphatic rings. The average molecular weight is 422 g/mol. The Morgan fingerprint density at radius 3 is 2.61 bits per heavy atom. The van der Waals surface area contributed by atoms with E-state index in [0.29, 0.717) is 0 Å². The van der Waals surface area contributed by atoms with Crippen LogP contribution in [0.2, 0.25) is 0 Å². The molecule has 3 aromatic rings. The van der Waals surface area contributed by atoms with Crippen LogP contribution in [-0.4, -0.2) is 9.55 Å². The van der Waals surface area contributed by atoms with Crippen molar-refractivity contribution in [3.8, 4) is 5.69 Å². The first-order valence-electron chi connectivity index (χ1n) is 7.08. The summed E-state index contributed by atoms with van der Waals surface area (Å²) in [6.07, 6.45) is 13.9. The number of hydrogen-bond donors (Lipinski definition) is 0. The van der Waals surface area contributed by atoms with Gasteiger partial charge in [0.1, 0.15) is 0 Å². The molecule has 1 aromatic heterocycles. The third-order valence-corrected chi connectivity index (χ3v) is 3.27. The quantitative estimate of drug-likeness (QED) is 0.452. The minimum absolute atomic E-state index is 0.826. The van der Waals surface area contributed by atoms with E-state index in [4.69, 9.17) is 17.0 Å². The molecule has 0 bridgehead atoms. The van der Waals surface area contributed by atoms with Crippen molar-refractivity contribution in [2.75, 3.05) is 0 Å². The van der Waals surface area contributed by atoms with Crippen LogP contribution in [0.4, 0.5) is 0 Å². The second-order valence-corrected chi connectivity index (χ2v) is 8.58. The van der Waals surface area contributed by atoms with E-state index < -0.39 is 20.8 Å². The zero-order chi connectivity index (χ0) is 16.5. The van der Waals surface area contributed by atoms with Crippen LogP contribution in [0.1, 0.15) is 13.3 Å². The van der Waals surface area contributed by atoms with E-state index in [1.165, 1.54) is 22.0 Å². The van der Waals surface area contributed by atoms with Crippen molar-refractivity contribution in [3.63, 3.8) is 0 Å². The van der Waals surface area contributed by atoms with Crippen LogP contribution in [-0.2, 0) is 20.8 Å². The Bertz CT molecular complexity index is 738. The predicted molar refractivity (Wildman–Crippen MR) is 94.6 cm³/mol. The largest absolute Gasteiger partial charge is 0.325 e. The maximum absolute atomic E-state index is 4.93. The number of benzene rings is 1. The summed E-state index contributed by atoms with van der Waals surface area (Å²) in [6.45, 7) is 2.06. The van der Waals surface area contributed by atoms with Crippen molar-refractivity contribution in [1.29, 1.82) is 0 Å². The number of rotatable bonds is 1. The van der Waals surface area contributed by atoms with Gasteiger partial charge in [-0.05, 0) is 5.69 Å². The van der Waals surface area contributed by atoms with Gasteiger partial charge in [0.05, 0.1) is 6.33 Å². The van der Waals surface area contributed by atoms with Gasteiger partial charge in [-0.25, -0.2) is 16.6 Å². The van der Waals surface area contributed by atoms with Gasteiger partial charge in [-0.3, -0.25) is 6.08 Å². The SMILES string of the molecule is CC1=[C-]CC=C1.[Cl][Zr+2][Cl].c1ccc2[cH-]c(-n3ccnc3)cc2c1. The molecular weight excluding hydrogens is 406 g/mol. The summed E-state index contributed by atoms with van der Waals surface area (Å²) in [7, 11) is 9.87. The second-order valence-electron chi connectivity index (χ2n) is 4.85. The van der Waals surface area contributed by atoms with Crippen LogP contribution >= 0.6 is 17.0 Å². The fourth-order valence-corrected chi connectivity index (χ4v) is 2.21. The summed E-state index contributed by atoms with van der Waals surface area (Å²) in [6, 6.07) is 12.7. The smallest absolute Gasteiger partial charge is 0.0977 e. The number of imidazole rings is 1. The third-order valence-electron chi connectivity index (χ3n) is 3.27. The molecule has 0 atom stereocenters. The standard InChI is InChI=1S/C12H9N2.C6H7.2ClH.Zr/c1-2-4-11-8-12(7-10(11)3-1)14-6-5-13-9-14;1-6-4-2-3-5-6;;;/h1-9H;2,4H,3H2,1H3;2*1H;/q2*-1;;;+4/p-2. The summed E-state index contributed by atoms with van der Waals surface area (Å²) in [5.74, 6) is 0.